The number of primary amides is 1. The van der Waals surface area contributed by atoms with Gasteiger partial charge in [-0.15, -0.1) is 0 Å². The van der Waals surface area contributed by atoms with E-state index >= 15 is 8.78 Å². The van der Waals surface area contributed by atoms with Gasteiger partial charge in [0.1, 0.15) is 11.5 Å². The van der Waals surface area contributed by atoms with Crippen molar-refractivity contribution >= 4 is 23.6 Å². The summed E-state index contributed by atoms with van der Waals surface area (Å²) in [5.74, 6) is -5.72. The highest BCUT2D eigenvalue weighted by atomic mass is 19.3. The number of carboxylic acid groups (broad SMARTS) is 1. The van der Waals surface area contributed by atoms with Crippen LogP contribution in [-0.4, -0.2) is 40.5 Å². The summed E-state index contributed by atoms with van der Waals surface area (Å²) in [6.45, 7) is -0.802. The van der Waals surface area contributed by atoms with Crippen molar-refractivity contribution in [2.45, 2.75) is 18.4 Å². The Morgan fingerprint density at radius 3 is 2.57 bits per heavy atom. The molecule has 0 aromatic heterocycles. The lowest BCUT2D eigenvalue weighted by molar-refractivity contribution is -0.160. The van der Waals surface area contributed by atoms with Crippen molar-refractivity contribution in [3.8, 4) is 0 Å². The van der Waals surface area contributed by atoms with Gasteiger partial charge in [-0.3, -0.25) is 14.5 Å². The molecule has 0 radical (unpaired) electrons. The third-order valence-electron chi connectivity index (χ3n) is 4.48. The molecule has 7 nitrogen and oxygen atoms in total. The number of nitrogens with zero attached hydrogens (tertiary/aromatic N) is 1. The van der Waals surface area contributed by atoms with E-state index in [1.165, 1.54) is 24.3 Å². The number of hydrogen-bond donors (Lipinski definition) is 3. The first kappa shape index (κ1) is 15.2. The number of likely N-dealkylation sites (tertiary alicyclic amines) is 1. The van der Waals surface area contributed by atoms with Crippen LogP contribution >= 0.6 is 0 Å². The third kappa shape index (κ3) is 1.89. The summed E-state index contributed by atoms with van der Waals surface area (Å²) in [4.78, 5) is 35.6. The van der Waals surface area contributed by atoms with E-state index in [4.69, 9.17) is 10.8 Å². The number of carbonyl (C=O) groups excluding carboxylic acids is 2. The van der Waals surface area contributed by atoms with E-state index in [1.807, 2.05) is 0 Å². The van der Waals surface area contributed by atoms with Crippen LogP contribution in [0.25, 0.3) is 0 Å². The molecule has 4 N–H and O–H groups in total. The van der Waals surface area contributed by atoms with Crippen LogP contribution < -0.4 is 11.1 Å². The molecule has 122 valence electrons. The van der Waals surface area contributed by atoms with Crippen molar-refractivity contribution in [3.05, 3.63) is 29.8 Å². The van der Waals surface area contributed by atoms with Crippen LogP contribution in [-0.2, 0) is 15.5 Å². The van der Waals surface area contributed by atoms with Gasteiger partial charge in [-0.2, -0.15) is 8.78 Å². The minimum atomic E-state index is -3.64. The smallest absolute Gasteiger partial charge is 0.408 e. The van der Waals surface area contributed by atoms with E-state index in [0.717, 1.165) is 0 Å². The van der Waals surface area contributed by atoms with Gasteiger partial charge < -0.3 is 16.2 Å². The number of para-hydroxylation sites is 1. The summed E-state index contributed by atoms with van der Waals surface area (Å²) in [7, 11) is 0. The normalized spacial score (nSPS) is 28.3. The number of fused-ring (bicyclic) bond motifs is 1. The van der Waals surface area contributed by atoms with Gasteiger partial charge in [0.25, 0.3) is 5.92 Å². The lowest BCUT2D eigenvalue weighted by Gasteiger charge is -2.40. The molecule has 1 saturated heterocycles. The predicted molar refractivity (Wildman–Crippen MR) is 73.7 cm³/mol. The summed E-state index contributed by atoms with van der Waals surface area (Å²) in [5, 5.41) is 11.5. The largest absolute Gasteiger partial charge is 0.465 e. The first-order chi connectivity index (χ1) is 10.7. The highest BCUT2D eigenvalue weighted by Crippen LogP contribution is 2.56. The molecule has 23 heavy (non-hydrogen) atoms. The predicted octanol–water partition coefficient (Wildman–Crippen LogP) is 0.955. The fourth-order valence-corrected chi connectivity index (χ4v) is 3.26. The molecule has 1 aromatic rings. The van der Waals surface area contributed by atoms with Crippen LogP contribution in [0.5, 0.6) is 0 Å². The Labute approximate surface area is 129 Å². The molecule has 1 fully saturated rings. The SMILES string of the molecule is NC(=O)[C@@H]1C[C@@]2(CN1C(=O)O)C(=O)Nc1ccccc1C2(F)F. The van der Waals surface area contributed by atoms with Crippen molar-refractivity contribution in [3.63, 3.8) is 0 Å². The zero-order chi connectivity index (χ0) is 17.0. The van der Waals surface area contributed by atoms with Crippen LogP contribution in [0.1, 0.15) is 12.0 Å². The van der Waals surface area contributed by atoms with Crippen molar-refractivity contribution in [2.75, 3.05) is 11.9 Å². The molecule has 2 aliphatic rings. The molecule has 0 aliphatic carbocycles. The number of halogens is 2. The second-order valence-electron chi connectivity index (χ2n) is 5.69. The van der Waals surface area contributed by atoms with Gasteiger partial charge in [-0.05, 0) is 12.5 Å². The van der Waals surface area contributed by atoms with E-state index in [0.29, 0.717) is 4.90 Å². The molecule has 2 heterocycles. The lowest BCUT2D eigenvalue weighted by Crippen LogP contribution is -2.54. The van der Waals surface area contributed by atoms with Gasteiger partial charge >= 0.3 is 6.09 Å². The van der Waals surface area contributed by atoms with E-state index < -0.39 is 53.8 Å². The van der Waals surface area contributed by atoms with Gasteiger partial charge in [0.15, 0.2) is 0 Å². The molecule has 1 aromatic carbocycles. The maximum atomic E-state index is 15.0. The molecule has 9 heteroatoms. The van der Waals surface area contributed by atoms with Crippen LogP contribution in [0.4, 0.5) is 19.3 Å². The number of alkyl halides is 2. The fourth-order valence-electron chi connectivity index (χ4n) is 3.26. The van der Waals surface area contributed by atoms with Gasteiger partial charge in [-0.1, -0.05) is 18.2 Å². The zero-order valence-electron chi connectivity index (χ0n) is 11.8. The third-order valence-corrected chi connectivity index (χ3v) is 4.48. The van der Waals surface area contributed by atoms with Crippen molar-refractivity contribution < 1.29 is 28.3 Å². The average molecular weight is 325 g/mol. The number of anilines is 1. The van der Waals surface area contributed by atoms with Gasteiger partial charge in [-0.25, -0.2) is 4.79 Å². The molecular weight excluding hydrogens is 312 g/mol. The monoisotopic (exact) mass is 325 g/mol. The first-order valence-electron chi connectivity index (χ1n) is 6.78. The quantitative estimate of drug-likeness (QED) is 0.713. The van der Waals surface area contributed by atoms with E-state index in [9.17, 15) is 14.4 Å². The first-order valence-corrected chi connectivity index (χ1v) is 6.78. The van der Waals surface area contributed by atoms with Crippen LogP contribution in [0.15, 0.2) is 24.3 Å². The Morgan fingerprint density at radius 2 is 2.00 bits per heavy atom. The second kappa shape index (κ2) is 4.64. The molecule has 3 rings (SSSR count). The van der Waals surface area contributed by atoms with Crippen molar-refractivity contribution in [1.82, 2.24) is 4.90 Å². The summed E-state index contributed by atoms with van der Waals surface area (Å²) >= 11 is 0. The maximum Gasteiger partial charge on any atom is 0.408 e. The Morgan fingerprint density at radius 1 is 1.35 bits per heavy atom. The lowest BCUT2D eigenvalue weighted by atomic mass is 9.72. The molecule has 2 atom stereocenters. The number of nitrogens with two attached hydrogens (primary N) is 1. The summed E-state index contributed by atoms with van der Waals surface area (Å²) in [5.41, 5.74) is 2.32. The Bertz CT molecular complexity index is 700. The second-order valence-corrected chi connectivity index (χ2v) is 5.69. The number of carbonyl (C=O) groups is 3. The van der Waals surface area contributed by atoms with Crippen LogP contribution in [0, 0.1) is 5.41 Å². The highest BCUT2D eigenvalue weighted by molar-refractivity contribution is 6.01. The number of nitrogens with one attached hydrogen (secondary N) is 1. The van der Waals surface area contributed by atoms with Gasteiger partial charge in [0, 0.05) is 17.8 Å². The Balaban J connectivity index is 2.14. The molecular formula is C14H13F2N3O4. The van der Waals surface area contributed by atoms with E-state index in [2.05, 4.69) is 5.32 Å². The van der Waals surface area contributed by atoms with E-state index in [-0.39, 0.29) is 5.69 Å². The molecule has 0 saturated carbocycles. The highest BCUT2D eigenvalue weighted by Gasteiger charge is 2.68. The summed E-state index contributed by atoms with van der Waals surface area (Å²) in [6.07, 6.45) is -2.24. The number of amides is 3. The Kier molecular flexibility index (Phi) is 3.07. The number of benzene rings is 1. The molecule has 0 unspecified atom stereocenters. The molecule has 2 aliphatic heterocycles. The fraction of sp³-hybridized carbons (Fsp3) is 0.357. The van der Waals surface area contributed by atoms with E-state index in [1.54, 1.807) is 0 Å². The van der Waals surface area contributed by atoms with Crippen molar-refractivity contribution in [1.29, 1.82) is 0 Å². The van der Waals surface area contributed by atoms with Crippen LogP contribution in [0.2, 0.25) is 0 Å². The summed E-state index contributed by atoms with van der Waals surface area (Å²) in [6, 6.07) is 3.92. The van der Waals surface area contributed by atoms with Crippen molar-refractivity contribution in [2.24, 2.45) is 11.1 Å². The topological polar surface area (TPSA) is 113 Å². The minimum absolute atomic E-state index is 0.0301. The van der Waals surface area contributed by atoms with Crippen LogP contribution in [0.3, 0.4) is 0 Å². The number of hydrogen-bond acceptors (Lipinski definition) is 3. The zero-order valence-corrected chi connectivity index (χ0v) is 11.8. The summed E-state index contributed by atoms with van der Waals surface area (Å²) < 4.78 is 30.1. The average Bonchev–Trinajstić information content (AvgIpc) is 2.89. The Hall–Kier alpha value is -2.71. The van der Waals surface area contributed by atoms with Gasteiger partial charge in [0.05, 0.1) is 0 Å². The minimum Gasteiger partial charge on any atom is -0.465 e. The molecule has 0 bridgehead atoms. The molecule has 1 spiro atoms. The standard InChI is InChI=1S/C14H13F2N3O4/c15-14(16)7-3-1-2-4-8(7)18-11(21)13(14)5-9(10(17)20)19(6-13)12(22)23/h1-4,9H,5-6H2,(H2,17,20)(H,18,21)(H,22,23)/t9-,13+/m0/s1. The maximum absolute atomic E-state index is 15.0. The molecule has 3 amide bonds. The number of rotatable bonds is 1. The van der Waals surface area contributed by atoms with Gasteiger partial charge in [0.2, 0.25) is 11.8 Å².